The summed E-state index contributed by atoms with van der Waals surface area (Å²) in [5.74, 6) is 0.851. The van der Waals surface area contributed by atoms with Crippen LogP contribution in [0.5, 0.6) is 5.75 Å². The monoisotopic (exact) mass is 422 g/mol. The molecule has 3 rings (SSSR count). The van der Waals surface area contributed by atoms with Gasteiger partial charge in [-0.1, -0.05) is 47.5 Å². The van der Waals surface area contributed by atoms with Crippen molar-refractivity contribution in [2.45, 2.75) is 26.6 Å². The molecule has 0 amide bonds. The number of pyridine rings is 1. The van der Waals surface area contributed by atoms with Crippen LogP contribution in [-0.4, -0.2) is 4.98 Å². The molecule has 0 bridgehead atoms. The van der Waals surface area contributed by atoms with Gasteiger partial charge < -0.3 is 34.9 Å². The van der Waals surface area contributed by atoms with E-state index in [1.54, 1.807) is 6.20 Å². The number of nitrogens with zero attached hydrogens (tertiary/aromatic N) is 1. The van der Waals surface area contributed by atoms with Crippen LogP contribution >= 0.6 is 11.6 Å². The highest BCUT2D eigenvalue weighted by molar-refractivity contribution is 6.30. The first-order valence-electron chi connectivity index (χ1n) is 8.27. The fraction of sp³-hybridized carbons (Fsp3) is 0.190. The van der Waals surface area contributed by atoms with Crippen LogP contribution in [0, 0.1) is 6.92 Å². The molecule has 0 spiro atoms. The lowest BCUT2D eigenvalue weighted by molar-refractivity contribution is -0.00100. The van der Waals surface area contributed by atoms with Crippen LogP contribution in [0.2, 0.25) is 5.02 Å². The molecule has 0 fully saturated rings. The number of hydrogen-bond acceptors (Lipinski definition) is 3. The van der Waals surface area contributed by atoms with Gasteiger partial charge in [-0.15, -0.1) is 0 Å². The van der Waals surface area contributed by atoms with Gasteiger partial charge in [-0.3, -0.25) is 4.98 Å². The molecule has 0 saturated carbocycles. The summed E-state index contributed by atoms with van der Waals surface area (Å²) in [5.41, 5.74) is 4.58. The van der Waals surface area contributed by atoms with E-state index in [9.17, 15) is 0 Å². The molecule has 0 aliphatic rings. The van der Waals surface area contributed by atoms with Gasteiger partial charge in [-0.05, 0) is 42.3 Å². The van der Waals surface area contributed by atoms with Crippen LogP contribution < -0.4 is 34.9 Å². The van der Waals surface area contributed by atoms with Gasteiger partial charge in [0.15, 0.2) is 0 Å². The van der Waals surface area contributed by atoms with Crippen LogP contribution in [0.3, 0.4) is 0 Å². The lowest BCUT2D eigenvalue weighted by atomic mass is 10.1. The Labute approximate surface area is 177 Å². The Morgan fingerprint density at radius 2 is 1.74 bits per heavy atom. The summed E-state index contributed by atoms with van der Waals surface area (Å²) in [4.78, 5) is 4.13. The summed E-state index contributed by atoms with van der Waals surface area (Å²) in [7, 11) is 0. The summed E-state index contributed by atoms with van der Waals surface area (Å²) in [6.45, 7) is 4.05. The van der Waals surface area contributed by atoms with Gasteiger partial charge in [-0.25, -0.2) is 0 Å². The normalized spacial score (nSPS) is 9.85. The fourth-order valence-electron chi connectivity index (χ4n) is 2.52. The number of rotatable bonds is 7. The van der Waals surface area contributed by atoms with Crippen molar-refractivity contribution in [1.82, 2.24) is 10.3 Å². The first kappa shape index (κ1) is 23.3. The number of aryl methyl sites for hydroxylation is 1. The molecule has 0 aliphatic heterocycles. The molecular weight excluding hydrogens is 403 g/mol. The second-order valence-corrected chi connectivity index (χ2v) is 6.43. The number of nitrogens with one attached hydrogen (secondary N) is 1. The minimum atomic E-state index is 0. The molecule has 3 aromatic rings. The molecule has 0 unspecified atom stereocenters. The van der Waals surface area contributed by atoms with E-state index in [0.717, 1.165) is 29.0 Å². The second-order valence-electron chi connectivity index (χ2n) is 5.99. The Bertz CT molecular complexity index is 811. The van der Waals surface area contributed by atoms with Crippen molar-refractivity contribution in [3.8, 4) is 5.75 Å². The zero-order valence-electron chi connectivity index (χ0n) is 15.0. The highest BCUT2D eigenvalue weighted by atomic mass is 35.5. The molecule has 0 aliphatic carbocycles. The van der Waals surface area contributed by atoms with E-state index >= 15 is 0 Å². The Morgan fingerprint density at radius 3 is 2.44 bits per heavy atom. The van der Waals surface area contributed by atoms with Crippen LogP contribution in [0.1, 0.15) is 22.3 Å². The van der Waals surface area contributed by atoms with E-state index in [-0.39, 0.29) is 24.8 Å². The third kappa shape index (κ3) is 7.39. The lowest BCUT2D eigenvalue weighted by Crippen LogP contribution is -3.00. The first-order valence-corrected chi connectivity index (χ1v) is 8.65. The fourth-order valence-corrected chi connectivity index (χ4v) is 2.71. The van der Waals surface area contributed by atoms with Gasteiger partial charge in [0, 0.05) is 36.1 Å². The molecule has 3 nitrogen and oxygen atoms in total. The smallest absolute Gasteiger partial charge is 0.124 e. The zero-order chi connectivity index (χ0) is 17.5. The molecule has 1 N–H and O–H groups in total. The van der Waals surface area contributed by atoms with E-state index in [4.69, 9.17) is 16.3 Å². The highest BCUT2D eigenvalue weighted by Gasteiger charge is 2.06. The molecule has 6 heteroatoms. The van der Waals surface area contributed by atoms with E-state index in [1.165, 1.54) is 5.56 Å². The molecule has 0 saturated heterocycles. The Balaban J connectivity index is 0.00000182. The number of hydrogen-bond donors (Lipinski definition) is 1. The van der Waals surface area contributed by atoms with Gasteiger partial charge in [-0.2, -0.15) is 0 Å². The van der Waals surface area contributed by atoms with Crippen LogP contribution in [0.4, 0.5) is 0 Å². The number of aromatic nitrogens is 1. The van der Waals surface area contributed by atoms with Crippen LogP contribution in [0.15, 0.2) is 67.0 Å². The van der Waals surface area contributed by atoms with Crippen molar-refractivity contribution in [2.24, 2.45) is 0 Å². The van der Waals surface area contributed by atoms with Crippen molar-refractivity contribution in [1.29, 1.82) is 0 Å². The van der Waals surface area contributed by atoms with Gasteiger partial charge in [0.1, 0.15) is 12.4 Å². The summed E-state index contributed by atoms with van der Waals surface area (Å²) in [6, 6.07) is 18.1. The molecule has 0 atom stereocenters. The zero-order valence-corrected chi connectivity index (χ0v) is 17.2. The van der Waals surface area contributed by atoms with E-state index in [2.05, 4.69) is 41.5 Å². The number of halogens is 3. The maximum absolute atomic E-state index is 6.15. The second kappa shape index (κ2) is 11.8. The number of ether oxygens (including phenoxy) is 1. The van der Waals surface area contributed by atoms with E-state index < -0.39 is 0 Å². The van der Waals surface area contributed by atoms with Crippen molar-refractivity contribution in [2.75, 3.05) is 0 Å². The lowest BCUT2D eigenvalue weighted by Gasteiger charge is -2.13. The van der Waals surface area contributed by atoms with E-state index in [0.29, 0.717) is 18.2 Å². The maximum Gasteiger partial charge on any atom is 0.124 e. The first-order chi connectivity index (χ1) is 12.2. The Hall–Kier alpha value is -1.78. The summed E-state index contributed by atoms with van der Waals surface area (Å²) < 4.78 is 6.01. The van der Waals surface area contributed by atoms with Gasteiger partial charge in [0.2, 0.25) is 0 Å². The molecular formula is C21H21Cl3N2O-2. The summed E-state index contributed by atoms with van der Waals surface area (Å²) in [5, 5.41) is 4.12. The third-order valence-corrected chi connectivity index (χ3v) is 4.14. The molecule has 1 aromatic heterocycles. The quantitative estimate of drug-likeness (QED) is 0.525. The molecule has 144 valence electrons. The standard InChI is InChI=1S/C21H21ClN2O.2ClH/c1-16-4-6-17(7-5-16)15-25-21-9-8-20(22)11-19(21)14-24-13-18-3-2-10-23-12-18;;/h2-12,24H,13-15H2,1H3;2*1H/p-2. The van der Waals surface area contributed by atoms with E-state index in [1.807, 2.05) is 36.5 Å². The molecule has 2 aromatic carbocycles. The Morgan fingerprint density at radius 1 is 0.963 bits per heavy atom. The van der Waals surface area contributed by atoms with Crippen molar-refractivity contribution in [3.63, 3.8) is 0 Å². The largest absolute Gasteiger partial charge is 1.00 e. The topological polar surface area (TPSA) is 34.1 Å². The van der Waals surface area contributed by atoms with Crippen LogP contribution in [0.25, 0.3) is 0 Å². The Kier molecular flexibility index (Phi) is 10.2. The SMILES string of the molecule is Cc1ccc(COc2ccc(Cl)cc2CNCc2cccnc2)cc1.[Cl-].[Cl-]. The predicted octanol–water partition coefficient (Wildman–Crippen LogP) is -1.08. The van der Waals surface area contributed by atoms with Crippen LogP contribution in [-0.2, 0) is 19.7 Å². The highest BCUT2D eigenvalue weighted by Crippen LogP contribution is 2.24. The van der Waals surface area contributed by atoms with Gasteiger partial charge in [0.25, 0.3) is 0 Å². The molecule has 1 heterocycles. The third-order valence-electron chi connectivity index (χ3n) is 3.90. The number of benzene rings is 2. The average Bonchev–Trinajstić information content (AvgIpc) is 2.63. The molecule has 0 radical (unpaired) electrons. The van der Waals surface area contributed by atoms with Crippen molar-refractivity contribution >= 4 is 11.6 Å². The summed E-state index contributed by atoms with van der Waals surface area (Å²) >= 11 is 6.15. The maximum atomic E-state index is 6.15. The summed E-state index contributed by atoms with van der Waals surface area (Å²) in [6.07, 6.45) is 3.64. The predicted molar refractivity (Wildman–Crippen MR) is 102 cm³/mol. The molecule has 27 heavy (non-hydrogen) atoms. The van der Waals surface area contributed by atoms with Gasteiger partial charge >= 0.3 is 0 Å². The minimum absolute atomic E-state index is 0. The minimum Gasteiger partial charge on any atom is -1.00 e. The van der Waals surface area contributed by atoms with Crippen molar-refractivity contribution < 1.29 is 29.6 Å². The van der Waals surface area contributed by atoms with Crippen molar-refractivity contribution in [3.05, 3.63) is 94.3 Å². The average molecular weight is 424 g/mol. The van der Waals surface area contributed by atoms with Gasteiger partial charge in [0.05, 0.1) is 0 Å².